The van der Waals surface area contributed by atoms with Crippen molar-refractivity contribution in [1.82, 2.24) is 9.97 Å². The molecule has 4 nitrogen and oxygen atoms in total. The first-order valence-corrected chi connectivity index (χ1v) is 8.64. The Morgan fingerprint density at radius 3 is 2.60 bits per heavy atom. The standard InChI is InChI=1S/C20H21ClN4/c1-14-12-15(2)19(17(21)13-14)25-20-23-11-9-18(24-20)22-10-8-16-6-4-3-5-7-16/h3-7,9,11-13H,8,10H2,1-2H3,(H2,22,23,24,25). The van der Waals surface area contributed by atoms with Gasteiger partial charge in [0.2, 0.25) is 5.95 Å². The van der Waals surface area contributed by atoms with Crippen molar-refractivity contribution in [2.75, 3.05) is 17.2 Å². The van der Waals surface area contributed by atoms with E-state index in [2.05, 4.69) is 50.9 Å². The molecule has 0 aliphatic rings. The zero-order chi connectivity index (χ0) is 17.6. The smallest absolute Gasteiger partial charge is 0.229 e. The minimum Gasteiger partial charge on any atom is -0.370 e. The molecule has 1 aromatic heterocycles. The summed E-state index contributed by atoms with van der Waals surface area (Å²) in [5.74, 6) is 1.31. The van der Waals surface area contributed by atoms with Crippen LogP contribution in [0.2, 0.25) is 5.02 Å². The fourth-order valence-electron chi connectivity index (χ4n) is 2.68. The number of aromatic nitrogens is 2. The van der Waals surface area contributed by atoms with Crippen molar-refractivity contribution >= 4 is 29.1 Å². The van der Waals surface area contributed by atoms with Crippen LogP contribution in [0, 0.1) is 13.8 Å². The Morgan fingerprint density at radius 1 is 1.04 bits per heavy atom. The normalized spacial score (nSPS) is 10.5. The quantitative estimate of drug-likeness (QED) is 0.644. The summed E-state index contributed by atoms with van der Waals surface area (Å²) in [6.45, 7) is 4.85. The summed E-state index contributed by atoms with van der Waals surface area (Å²) in [5.41, 5.74) is 4.33. The van der Waals surface area contributed by atoms with Gasteiger partial charge in [-0.25, -0.2) is 4.98 Å². The van der Waals surface area contributed by atoms with Crippen LogP contribution in [-0.2, 0) is 6.42 Å². The van der Waals surface area contributed by atoms with E-state index in [1.165, 1.54) is 5.56 Å². The second-order valence-electron chi connectivity index (χ2n) is 5.99. The third-order valence-electron chi connectivity index (χ3n) is 3.89. The highest BCUT2D eigenvalue weighted by molar-refractivity contribution is 6.33. The monoisotopic (exact) mass is 352 g/mol. The summed E-state index contributed by atoms with van der Waals surface area (Å²) in [5, 5.41) is 7.23. The van der Waals surface area contributed by atoms with Crippen LogP contribution in [0.4, 0.5) is 17.5 Å². The SMILES string of the molecule is Cc1cc(C)c(Nc2nccc(NCCc3ccccc3)n2)c(Cl)c1. The van der Waals surface area contributed by atoms with Gasteiger partial charge in [-0.2, -0.15) is 4.98 Å². The summed E-state index contributed by atoms with van der Waals surface area (Å²) in [6.07, 6.45) is 2.67. The minimum atomic E-state index is 0.526. The molecule has 1 heterocycles. The Balaban J connectivity index is 1.65. The summed E-state index contributed by atoms with van der Waals surface area (Å²) in [6, 6.07) is 16.2. The topological polar surface area (TPSA) is 49.8 Å². The first kappa shape index (κ1) is 17.2. The van der Waals surface area contributed by atoms with E-state index in [1.54, 1.807) is 6.20 Å². The lowest BCUT2D eigenvalue weighted by Crippen LogP contribution is -2.08. The van der Waals surface area contributed by atoms with E-state index in [-0.39, 0.29) is 0 Å². The lowest BCUT2D eigenvalue weighted by Gasteiger charge is -2.12. The molecule has 2 N–H and O–H groups in total. The number of nitrogens with one attached hydrogen (secondary N) is 2. The molecule has 3 rings (SSSR count). The van der Waals surface area contributed by atoms with E-state index in [0.717, 1.165) is 35.6 Å². The van der Waals surface area contributed by atoms with Crippen molar-refractivity contribution < 1.29 is 0 Å². The van der Waals surface area contributed by atoms with Crippen molar-refractivity contribution in [2.45, 2.75) is 20.3 Å². The summed E-state index contributed by atoms with van der Waals surface area (Å²) >= 11 is 6.34. The molecule has 0 saturated heterocycles. The van der Waals surface area contributed by atoms with Gasteiger partial charge in [0.05, 0.1) is 10.7 Å². The molecule has 0 radical (unpaired) electrons. The van der Waals surface area contributed by atoms with Gasteiger partial charge >= 0.3 is 0 Å². The van der Waals surface area contributed by atoms with Gasteiger partial charge in [0.25, 0.3) is 0 Å². The molecule has 0 amide bonds. The van der Waals surface area contributed by atoms with Gasteiger partial charge in [0.1, 0.15) is 5.82 Å². The zero-order valence-electron chi connectivity index (χ0n) is 14.4. The predicted octanol–water partition coefficient (Wildman–Crippen LogP) is 5.15. The van der Waals surface area contributed by atoms with Gasteiger partial charge in [0, 0.05) is 12.7 Å². The van der Waals surface area contributed by atoms with E-state index in [1.807, 2.05) is 32.0 Å². The van der Waals surface area contributed by atoms with Crippen LogP contribution in [-0.4, -0.2) is 16.5 Å². The van der Waals surface area contributed by atoms with Crippen LogP contribution < -0.4 is 10.6 Å². The molecule has 0 saturated carbocycles. The van der Waals surface area contributed by atoms with Crippen LogP contribution >= 0.6 is 11.6 Å². The highest BCUT2D eigenvalue weighted by Crippen LogP contribution is 2.29. The Kier molecular flexibility index (Phi) is 5.51. The summed E-state index contributed by atoms with van der Waals surface area (Å²) in [7, 11) is 0. The molecule has 2 aromatic carbocycles. The molecule has 0 fully saturated rings. The molecule has 128 valence electrons. The average Bonchev–Trinajstić information content (AvgIpc) is 2.59. The van der Waals surface area contributed by atoms with Gasteiger partial charge in [-0.3, -0.25) is 0 Å². The maximum atomic E-state index is 6.34. The maximum Gasteiger partial charge on any atom is 0.229 e. The Hall–Kier alpha value is -2.59. The lowest BCUT2D eigenvalue weighted by atomic mass is 10.1. The number of halogens is 1. The third kappa shape index (κ3) is 4.70. The zero-order valence-corrected chi connectivity index (χ0v) is 15.1. The first-order chi connectivity index (χ1) is 12.1. The van der Waals surface area contributed by atoms with Gasteiger partial charge in [0.15, 0.2) is 0 Å². The van der Waals surface area contributed by atoms with Crippen molar-refractivity contribution in [1.29, 1.82) is 0 Å². The molecule has 0 aliphatic heterocycles. The van der Waals surface area contributed by atoms with E-state index >= 15 is 0 Å². The molecule has 0 unspecified atom stereocenters. The van der Waals surface area contributed by atoms with E-state index < -0.39 is 0 Å². The Morgan fingerprint density at radius 2 is 1.84 bits per heavy atom. The predicted molar refractivity (Wildman–Crippen MR) is 105 cm³/mol. The number of benzene rings is 2. The first-order valence-electron chi connectivity index (χ1n) is 8.26. The second-order valence-corrected chi connectivity index (χ2v) is 6.40. The van der Waals surface area contributed by atoms with E-state index in [9.17, 15) is 0 Å². The molecule has 0 atom stereocenters. The van der Waals surface area contributed by atoms with Crippen LogP contribution in [0.25, 0.3) is 0 Å². The molecular formula is C20H21ClN4. The number of hydrogen-bond acceptors (Lipinski definition) is 4. The number of aryl methyl sites for hydroxylation is 2. The third-order valence-corrected chi connectivity index (χ3v) is 4.18. The number of rotatable bonds is 6. The fraction of sp³-hybridized carbons (Fsp3) is 0.200. The highest BCUT2D eigenvalue weighted by Gasteiger charge is 2.08. The van der Waals surface area contributed by atoms with Gasteiger partial charge in [-0.1, -0.05) is 48.0 Å². The minimum absolute atomic E-state index is 0.526. The van der Waals surface area contributed by atoms with E-state index in [4.69, 9.17) is 11.6 Å². The Labute approximate surface area is 153 Å². The van der Waals surface area contributed by atoms with Crippen molar-refractivity contribution in [2.24, 2.45) is 0 Å². The van der Waals surface area contributed by atoms with E-state index in [0.29, 0.717) is 11.0 Å². The second kappa shape index (κ2) is 7.99. The molecular weight excluding hydrogens is 332 g/mol. The molecule has 5 heteroatoms. The van der Waals surface area contributed by atoms with Crippen LogP contribution in [0.3, 0.4) is 0 Å². The van der Waals surface area contributed by atoms with Crippen molar-refractivity contribution in [3.63, 3.8) is 0 Å². The highest BCUT2D eigenvalue weighted by atomic mass is 35.5. The number of anilines is 3. The molecule has 0 bridgehead atoms. The molecule has 0 spiro atoms. The van der Waals surface area contributed by atoms with Crippen LogP contribution in [0.5, 0.6) is 0 Å². The maximum absolute atomic E-state index is 6.34. The number of hydrogen-bond donors (Lipinski definition) is 2. The van der Waals surface area contributed by atoms with Gasteiger partial charge in [-0.15, -0.1) is 0 Å². The van der Waals surface area contributed by atoms with Gasteiger partial charge in [-0.05, 0) is 49.1 Å². The Bertz CT molecular complexity index is 826. The lowest BCUT2D eigenvalue weighted by molar-refractivity contribution is 1.00. The van der Waals surface area contributed by atoms with Crippen LogP contribution in [0.15, 0.2) is 54.7 Å². The van der Waals surface area contributed by atoms with Gasteiger partial charge < -0.3 is 10.6 Å². The largest absolute Gasteiger partial charge is 0.370 e. The molecule has 3 aromatic rings. The fourth-order valence-corrected chi connectivity index (χ4v) is 3.05. The molecule has 25 heavy (non-hydrogen) atoms. The molecule has 0 aliphatic carbocycles. The summed E-state index contributed by atoms with van der Waals surface area (Å²) < 4.78 is 0. The van der Waals surface area contributed by atoms with Crippen LogP contribution in [0.1, 0.15) is 16.7 Å². The average molecular weight is 353 g/mol. The van der Waals surface area contributed by atoms with Crippen molar-refractivity contribution in [3.05, 3.63) is 76.4 Å². The van der Waals surface area contributed by atoms with Crippen molar-refractivity contribution in [3.8, 4) is 0 Å². The summed E-state index contributed by atoms with van der Waals surface area (Å²) in [4.78, 5) is 8.80. The number of nitrogens with zero attached hydrogens (tertiary/aromatic N) is 2.